The maximum Gasteiger partial charge on any atom is 0.284 e. The quantitative estimate of drug-likeness (QED) is 0.520. The second kappa shape index (κ2) is 7.46. The molecule has 8 heteroatoms. The Hall–Kier alpha value is -3.10. The van der Waals surface area contributed by atoms with Gasteiger partial charge in [0.2, 0.25) is 0 Å². The second-order valence-corrected chi connectivity index (χ2v) is 9.79. The number of alkyl halides is 1. The monoisotopic (exact) mass is 507 g/mol. The lowest BCUT2D eigenvalue weighted by Crippen LogP contribution is -2.44. The summed E-state index contributed by atoms with van der Waals surface area (Å²) in [6, 6.07) is 15.9. The maximum absolute atomic E-state index is 6.29. The highest BCUT2D eigenvalue weighted by atomic mass is 79.9. The van der Waals surface area contributed by atoms with Gasteiger partial charge in [0, 0.05) is 34.5 Å². The summed E-state index contributed by atoms with van der Waals surface area (Å²) in [7, 11) is 0. The summed E-state index contributed by atoms with van der Waals surface area (Å²) in [5, 5.41) is -0.511. The van der Waals surface area contributed by atoms with Gasteiger partial charge in [0.15, 0.2) is 10.6 Å². The van der Waals surface area contributed by atoms with Crippen molar-refractivity contribution in [3.63, 3.8) is 0 Å². The van der Waals surface area contributed by atoms with Crippen molar-refractivity contribution < 1.29 is 18.9 Å². The first-order chi connectivity index (χ1) is 16.0. The summed E-state index contributed by atoms with van der Waals surface area (Å²) in [6.45, 7) is 4.13. The first kappa shape index (κ1) is 20.5. The molecule has 2 N–H and O–H groups in total. The fraction of sp³-hybridized carbons (Fsp3) is 0.280. The van der Waals surface area contributed by atoms with Crippen LogP contribution in [-0.4, -0.2) is 35.8 Å². The summed E-state index contributed by atoms with van der Waals surface area (Å²) in [4.78, 5) is 9.06. The highest BCUT2D eigenvalue weighted by molar-refractivity contribution is 9.09. The van der Waals surface area contributed by atoms with E-state index in [9.17, 15) is 0 Å². The van der Waals surface area contributed by atoms with Crippen LogP contribution in [0.15, 0.2) is 65.9 Å². The third-order valence-corrected chi connectivity index (χ3v) is 7.14. The molecule has 0 aliphatic carbocycles. The predicted octanol–water partition coefficient (Wildman–Crippen LogP) is 4.58. The van der Waals surface area contributed by atoms with Gasteiger partial charge in [-0.25, -0.2) is 4.99 Å². The number of nitrogens with two attached hydrogens (primary N) is 1. The molecule has 33 heavy (non-hydrogen) atoms. The lowest BCUT2D eigenvalue weighted by atomic mass is 9.80. The van der Waals surface area contributed by atoms with Gasteiger partial charge in [-0.15, -0.1) is 0 Å². The summed E-state index contributed by atoms with van der Waals surface area (Å²) < 4.78 is 23.6. The molecule has 168 valence electrons. The Morgan fingerprint density at radius 2 is 1.88 bits per heavy atom. The van der Waals surface area contributed by atoms with Gasteiger partial charge in [0.25, 0.3) is 6.02 Å². The fourth-order valence-electron chi connectivity index (χ4n) is 4.48. The zero-order valence-corrected chi connectivity index (χ0v) is 19.5. The van der Waals surface area contributed by atoms with Crippen molar-refractivity contribution in [3.05, 3.63) is 72.1 Å². The minimum absolute atomic E-state index is 0.0340. The number of hydrogen-bond acceptors (Lipinski definition) is 7. The molecular formula is C25H22BrN3O4. The molecule has 1 saturated heterocycles. The van der Waals surface area contributed by atoms with Crippen molar-refractivity contribution in [2.24, 2.45) is 16.1 Å². The Balaban J connectivity index is 1.47. The summed E-state index contributed by atoms with van der Waals surface area (Å²) >= 11 is 3.69. The SMILES string of the molecule is CC1(COc2ccc3c(c2)C2(N=C(N)OC2Br)c2cc(-c4cccnc4)ccc2O3)COC1. The molecule has 1 spiro atoms. The van der Waals surface area contributed by atoms with Crippen LogP contribution < -0.4 is 15.2 Å². The van der Waals surface area contributed by atoms with Crippen LogP contribution >= 0.6 is 15.9 Å². The van der Waals surface area contributed by atoms with E-state index >= 15 is 0 Å². The Morgan fingerprint density at radius 1 is 1.09 bits per heavy atom. The molecule has 2 unspecified atom stereocenters. The molecule has 2 atom stereocenters. The average Bonchev–Trinajstić information content (AvgIpc) is 3.11. The van der Waals surface area contributed by atoms with Crippen molar-refractivity contribution in [2.75, 3.05) is 19.8 Å². The number of amidine groups is 1. The number of rotatable bonds is 4. The summed E-state index contributed by atoms with van der Waals surface area (Å²) in [5.74, 6) is 2.13. The minimum atomic E-state index is -0.923. The smallest absolute Gasteiger partial charge is 0.284 e. The van der Waals surface area contributed by atoms with Gasteiger partial charge in [0.05, 0.1) is 19.8 Å². The molecule has 1 aromatic heterocycles. The second-order valence-electron chi connectivity index (χ2n) is 8.96. The van der Waals surface area contributed by atoms with Crippen LogP contribution in [0.2, 0.25) is 0 Å². The number of fused-ring (bicyclic) bond motifs is 4. The maximum atomic E-state index is 6.29. The molecule has 3 aliphatic rings. The van der Waals surface area contributed by atoms with E-state index < -0.39 is 10.6 Å². The van der Waals surface area contributed by atoms with Gasteiger partial charge >= 0.3 is 0 Å². The van der Waals surface area contributed by atoms with E-state index in [1.807, 2.05) is 48.7 Å². The normalized spacial score (nSPS) is 24.1. The molecule has 4 heterocycles. The molecule has 0 amide bonds. The molecule has 0 saturated carbocycles. The standard InChI is InChI=1S/C25H22BrN3O4/c1-24(12-30-13-24)14-31-17-5-7-21-19(10-17)25(22(26)33-23(27)29-25)18-9-15(4-6-20(18)32-21)16-3-2-8-28-11-16/h2-11,22H,12-14H2,1H3,(H2,27,29). The van der Waals surface area contributed by atoms with Gasteiger partial charge in [-0.3, -0.25) is 4.98 Å². The number of nitrogens with zero attached hydrogens (tertiary/aromatic N) is 2. The van der Waals surface area contributed by atoms with Crippen LogP contribution in [0.5, 0.6) is 17.2 Å². The summed E-state index contributed by atoms with van der Waals surface area (Å²) in [5.41, 5.74) is 8.87. The Kier molecular flexibility index (Phi) is 4.64. The third kappa shape index (κ3) is 3.28. The van der Waals surface area contributed by atoms with E-state index in [0.717, 1.165) is 28.0 Å². The molecule has 7 nitrogen and oxygen atoms in total. The van der Waals surface area contributed by atoms with Crippen LogP contribution in [0.3, 0.4) is 0 Å². The number of ether oxygens (including phenoxy) is 4. The van der Waals surface area contributed by atoms with Crippen LogP contribution in [0, 0.1) is 5.41 Å². The van der Waals surface area contributed by atoms with E-state index in [0.29, 0.717) is 31.3 Å². The highest BCUT2D eigenvalue weighted by Crippen LogP contribution is 2.56. The molecule has 0 radical (unpaired) electrons. The molecular weight excluding hydrogens is 486 g/mol. The molecule has 3 aromatic rings. The van der Waals surface area contributed by atoms with E-state index in [4.69, 9.17) is 29.7 Å². The summed E-state index contributed by atoms with van der Waals surface area (Å²) in [6.07, 6.45) is 3.59. The van der Waals surface area contributed by atoms with Crippen LogP contribution in [0.1, 0.15) is 18.1 Å². The van der Waals surface area contributed by atoms with E-state index in [1.165, 1.54) is 0 Å². The zero-order chi connectivity index (χ0) is 22.6. The third-order valence-electron chi connectivity index (χ3n) is 6.29. The number of hydrogen-bond donors (Lipinski definition) is 1. The van der Waals surface area contributed by atoms with Gasteiger partial charge in [-0.2, -0.15) is 0 Å². The van der Waals surface area contributed by atoms with Crippen molar-refractivity contribution in [1.29, 1.82) is 0 Å². The number of aromatic nitrogens is 1. The molecule has 1 fully saturated rings. The number of benzene rings is 2. The molecule has 6 rings (SSSR count). The van der Waals surface area contributed by atoms with Crippen molar-refractivity contribution in [3.8, 4) is 28.4 Å². The van der Waals surface area contributed by atoms with Crippen molar-refractivity contribution in [1.82, 2.24) is 4.98 Å². The number of aliphatic imine (C=N–C) groups is 1. The Morgan fingerprint density at radius 3 is 2.55 bits per heavy atom. The minimum Gasteiger partial charge on any atom is -0.493 e. The van der Waals surface area contributed by atoms with Crippen LogP contribution in [0.25, 0.3) is 11.1 Å². The van der Waals surface area contributed by atoms with Gasteiger partial charge in [0.1, 0.15) is 17.2 Å². The largest absolute Gasteiger partial charge is 0.493 e. The topological polar surface area (TPSA) is 88.2 Å². The molecule has 0 bridgehead atoms. The van der Waals surface area contributed by atoms with Gasteiger partial charge in [-0.1, -0.05) is 19.1 Å². The Bertz CT molecular complexity index is 1260. The van der Waals surface area contributed by atoms with E-state index in [1.54, 1.807) is 6.20 Å². The van der Waals surface area contributed by atoms with Crippen molar-refractivity contribution >= 4 is 22.0 Å². The van der Waals surface area contributed by atoms with E-state index in [-0.39, 0.29) is 11.4 Å². The van der Waals surface area contributed by atoms with Crippen LogP contribution in [-0.2, 0) is 15.0 Å². The number of pyridine rings is 1. The molecule has 3 aliphatic heterocycles. The van der Waals surface area contributed by atoms with Gasteiger partial charge in [-0.05, 0) is 57.9 Å². The van der Waals surface area contributed by atoms with E-state index in [2.05, 4.69) is 33.9 Å². The Labute approximate surface area is 199 Å². The lowest BCUT2D eigenvalue weighted by molar-refractivity contribution is -0.120. The van der Waals surface area contributed by atoms with Crippen LogP contribution in [0.4, 0.5) is 0 Å². The fourth-order valence-corrected chi connectivity index (χ4v) is 5.26. The number of halogens is 1. The van der Waals surface area contributed by atoms with Gasteiger partial charge < -0.3 is 24.7 Å². The lowest BCUT2D eigenvalue weighted by Gasteiger charge is -2.38. The highest BCUT2D eigenvalue weighted by Gasteiger charge is 2.53. The average molecular weight is 508 g/mol. The zero-order valence-electron chi connectivity index (χ0n) is 18.0. The van der Waals surface area contributed by atoms with Crippen molar-refractivity contribution in [2.45, 2.75) is 17.5 Å². The first-order valence-electron chi connectivity index (χ1n) is 10.7. The predicted molar refractivity (Wildman–Crippen MR) is 127 cm³/mol. The first-order valence-corrected chi connectivity index (χ1v) is 11.6. The molecule has 2 aromatic carbocycles.